The van der Waals surface area contributed by atoms with Crippen molar-refractivity contribution in [1.29, 1.82) is 0 Å². The predicted octanol–water partition coefficient (Wildman–Crippen LogP) is 5.73. The molecule has 0 aliphatic heterocycles. The Morgan fingerprint density at radius 2 is 1.80 bits per heavy atom. The van der Waals surface area contributed by atoms with Gasteiger partial charge in [-0.05, 0) is 41.3 Å². The van der Waals surface area contributed by atoms with Crippen LogP contribution in [0.1, 0.15) is 22.1 Å². The maximum atomic E-state index is 6.59. The van der Waals surface area contributed by atoms with Gasteiger partial charge in [-0.25, -0.2) is 0 Å². The fourth-order valence-corrected chi connectivity index (χ4v) is 3.27. The summed E-state index contributed by atoms with van der Waals surface area (Å²) in [6, 6.07) is 14.4. The fraction of sp³-hybridized carbons (Fsp3) is 0.250. The highest BCUT2D eigenvalue weighted by molar-refractivity contribution is 9.11. The van der Waals surface area contributed by atoms with Gasteiger partial charge in [0.15, 0.2) is 0 Å². The van der Waals surface area contributed by atoms with Gasteiger partial charge in [-0.1, -0.05) is 56.1 Å². The first-order valence-corrected chi connectivity index (χ1v) is 8.31. The maximum Gasteiger partial charge on any atom is 0.0846 e. The standard InChI is InChI=1S/C16H15Br2ClO/c1-20-9-8-11-2-4-12(5-3-11)16(19)14-10-13(17)6-7-15(14)18/h2-7,10,16H,8-9H2,1H3. The summed E-state index contributed by atoms with van der Waals surface area (Å²) in [6.45, 7) is 0.737. The van der Waals surface area contributed by atoms with Crippen LogP contribution in [0.2, 0.25) is 0 Å². The van der Waals surface area contributed by atoms with Crippen LogP contribution in [0.4, 0.5) is 0 Å². The Morgan fingerprint density at radius 1 is 1.10 bits per heavy atom. The van der Waals surface area contributed by atoms with Crippen molar-refractivity contribution in [1.82, 2.24) is 0 Å². The molecule has 0 spiro atoms. The van der Waals surface area contributed by atoms with Gasteiger partial charge < -0.3 is 4.74 Å². The van der Waals surface area contributed by atoms with Gasteiger partial charge in [-0.2, -0.15) is 0 Å². The Hall–Kier alpha value is -0.350. The summed E-state index contributed by atoms with van der Waals surface area (Å²) in [5.41, 5.74) is 3.41. The van der Waals surface area contributed by atoms with Gasteiger partial charge in [0, 0.05) is 16.1 Å². The van der Waals surface area contributed by atoms with E-state index in [2.05, 4.69) is 56.1 Å². The van der Waals surface area contributed by atoms with Crippen molar-refractivity contribution in [2.24, 2.45) is 0 Å². The van der Waals surface area contributed by atoms with E-state index in [1.807, 2.05) is 18.2 Å². The van der Waals surface area contributed by atoms with Crippen molar-refractivity contribution in [3.8, 4) is 0 Å². The molecule has 0 aromatic heterocycles. The van der Waals surface area contributed by atoms with E-state index in [1.165, 1.54) is 5.56 Å². The molecule has 0 heterocycles. The minimum Gasteiger partial charge on any atom is -0.384 e. The van der Waals surface area contributed by atoms with Crippen LogP contribution < -0.4 is 0 Å². The molecule has 0 aliphatic rings. The van der Waals surface area contributed by atoms with Crippen molar-refractivity contribution < 1.29 is 4.74 Å². The first kappa shape index (κ1) is 16.0. The Balaban J connectivity index is 2.20. The van der Waals surface area contributed by atoms with Crippen LogP contribution in [0, 0.1) is 0 Å². The third-order valence-electron chi connectivity index (χ3n) is 3.10. The zero-order chi connectivity index (χ0) is 14.5. The van der Waals surface area contributed by atoms with Crippen molar-refractivity contribution in [3.63, 3.8) is 0 Å². The second-order valence-electron chi connectivity index (χ2n) is 4.51. The molecule has 0 aliphatic carbocycles. The van der Waals surface area contributed by atoms with Crippen LogP contribution in [0.15, 0.2) is 51.4 Å². The number of hydrogen-bond donors (Lipinski definition) is 0. The molecule has 2 aromatic rings. The Bertz CT molecular complexity index is 569. The molecule has 0 fully saturated rings. The maximum absolute atomic E-state index is 6.59. The van der Waals surface area contributed by atoms with Crippen LogP contribution in [-0.4, -0.2) is 13.7 Å². The quantitative estimate of drug-likeness (QED) is 0.564. The molecule has 0 amide bonds. The zero-order valence-electron chi connectivity index (χ0n) is 11.1. The third-order valence-corrected chi connectivity index (χ3v) is 4.80. The topological polar surface area (TPSA) is 9.23 Å². The molecule has 106 valence electrons. The number of hydrogen-bond acceptors (Lipinski definition) is 1. The van der Waals surface area contributed by atoms with E-state index in [4.69, 9.17) is 16.3 Å². The van der Waals surface area contributed by atoms with Gasteiger partial charge in [0.2, 0.25) is 0 Å². The van der Waals surface area contributed by atoms with Crippen molar-refractivity contribution in [2.75, 3.05) is 13.7 Å². The second-order valence-corrected chi connectivity index (χ2v) is 6.72. The SMILES string of the molecule is COCCc1ccc(C(Cl)c2cc(Br)ccc2Br)cc1. The summed E-state index contributed by atoms with van der Waals surface area (Å²) in [5.74, 6) is 0. The highest BCUT2D eigenvalue weighted by atomic mass is 79.9. The number of ether oxygens (including phenoxy) is 1. The monoisotopic (exact) mass is 416 g/mol. The molecule has 20 heavy (non-hydrogen) atoms. The van der Waals surface area contributed by atoms with E-state index in [-0.39, 0.29) is 5.38 Å². The Labute approximate surface area is 141 Å². The van der Waals surface area contributed by atoms with E-state index in [0.29, 0.717) is 0 Å². The van der Waals surface area contributed by atoms with Gasteiger partial charge in [0.25, 0.3) is 0 Å². The van der Waals surface area contributed by atoms with Gasteiger partial charge in [0.05, 0.1) is 12.0 Å². The van der Waals surface area contributed by atoms with Crippen LogP contribution in [0.25, 0.3) is 0 Å². The smallest absolute Gasteiger partial charge is 0.0846 e. The third kappa shape index (κ3) is 4.08. The van der Waals surface area contributed by atoms with E-state index >= 15 is 0 Å². The van der Waals surface area contributed by atoms with Crippen molar-refractivity contribution >= 4 is 43.5 Å². The lowest BCUT2D eigenvalue weighted by atomic mass is 10.0. The van der Waals surface area contributed by atoms with E-state index in [9.17, 15) is 0 Å². The highest BCUT2D eigenvalue weighted by Crippen LogP contribution is 2.35. The van der Waals surface area contributed by atoms with Gasteiger partial charge in [-0.15, -0.1) is 11.6 Å². The van der Waals surface area contributed by atoms with Crippen molar-refractivity contribution in [3.05, 3.63) is 68.1 Å². The minimum absolute atomic E-state index is 0.168. The van der Waals surface area contributed by atoms with Crippen LogP contribution >= 0.6 is 43.5 Å². The fourth-order valence-electron chi connectivity index (χ4n) is 1.96. The summed E-state index contributed by atoms with van der Waals surface area (Å²) >= 11 is 13.6. The normalized spacial score (nSPS) is 12.4. The van der Waals surface area contributed by atoms with Gasteiger partial charge in [-0.3, -0.25) is 0 Å². The lowest BCUT2D eigenvalue weighted by Gasteiger charge is -2.13. The summed E-state index contributed by atoms with van der Waals surface area (Å²) < 4.78 is 7.13. The van der Waals surface area contributed by atoms with Crippen LogP contribution in [0.3, 0.4) is 0 Å². The molecule has 4 heteroatoms. The Morgan fingerprint density at radius 3 is 2.45 bits per heavy atom. The summed E-state index contributed by atoms with van der Waals surface area (Å²) in [7, 11) is 1.72. The molecule has 1 unspecified atom stereocenters. The molecular formula is C16H15Br2ClO. The molecular weight excluding hydrogens is 403 g/mol. The van der Waals surface area contributed by atoms with Crippen molar-refractivity contribution in [2.45, 2.75) is 11.8 Å². The number of methoxy groups -OCH3 is 1. The van der Waals surface area contributed by atoms with Gasteiger partial charge >= 0.3 is 0 Å². The van der Waals surface area contributed by atoms with E-state index in [0.717, 1.165) is 33.1 Å². The van der Waals surface area contributed by atoms with E-state index < -0.39 is 0 Å². The summed E-state index contributed by atoms with van der Waals surface area (Å²) in [6.07, 6.45) is 0.921. The number of alkyl halides is 1. The molecule has 0 saturated carbocycles. The molecule has 2 rings (SSSR count). The molecule has 2 aromatic carbocycles. The molecule has 0 saturated heterocycles. The van der Waals surface area contributed by atoms with E-state index in [1.54, 1.807) is 7.11 Å². The summed E-state index contributed by atoms with van der Waals surface area (Å²) in [5, 5.41) is -0.168. The zero-order valence-corrected chi connectivity index (χ0v) is 15.0. The average molecular weight is 419 g/mol. The number of benzene rings is 2. The minimum atomic E-state index is -0.168. The molecule has 0 radical (unpaired) electrons. The molecule has 0 bridgehead atoms. The first-order chi connectivity index (χ1) is 9.61. The molecule has 1 nitrogen and oxygen atoms in total. The lowest BCUT2D eigenvalue weighted by Crippen LogP contribution is -1.97. The second kappa shape index (κ2) is 7.60. The summed E-state index contributed by atoms with van der Waals surface area (Å²) in [4.78, 5) is 0. The van der Waals surface area contributed by atoms with Crippen LogP contribution in [0.5, 0.6) is 0 Å². The molecule has 0 N–H and O–H groups in total. The van der Waals surface area contributed by atoms with Crippen LogP contribution in [-0.2, 0) is 11.2 Å². The Kier molecular flexibility index (Phi) is 6.09. The number of halogens is 3. The lowest BCUT2D eigenvalue weighted by molar-refractivity contribution is 0.202. The number of rotatable bonds is 5. The predicted molar refractivity (Wildman–Crippen MR) is 91.6 cm³/mol. The first-order valence-electron chi connectivity index (χ1n) is 6.28. The van der Waals surface area contributed by atoms with Gasteiger partial charge in [0.1, 0.15) is 0 Å². The average Bonchev–Trinajstić information content (AvgIpc) is 2.47. The highest BCUT2D eigenvalue weighted by Gasteiger charge is 2.14. The largest absolute Gasteiger partial charge is 0.384 e. The molecule has 1 atom stereocenters.